The van der Waals surface area contributed by atoms with E-state index in [1.54, 1.807) is 48.5 Å². The van der Waals surface area contributed by atoms with Crippen molar-refractivity contribution in [2.24, 2.45) is 20.5 Å². The molecule has 0 amide bonds. The molecule has 0 aliphatic heterocycles. The molecule has 0 aromatic heterocycles. The molecular weight excluding hydrogens is 588 g/mol. The first-order valence-corrected chi connectivity index (χ1v) is 14.0. The molecule has 0 atom stereocenters. The molecule has 5 aromatic carbocycles. The molecule has 5 aromatic rings. The van der Waals surface area contributed by atoms with Crippen LogP contribution in [0.25, 0.3) is 21.5 Å². The quantitative estimate of drug-likeness (QED) is 0.124. The summed E-state index contributed by atoms with van der Waals surface area (Å²) in [4.78, 5) is -0.845. The number of nitrogen functional groups attached to an aromatic ring is 1. The van der Waals surface area contributed by atoms with E-state index in [-0.39, 0.29) is 75.9 Å². The van der Waals surface area contributed by atoms with Crippen LogP contribution in [-0.2, 0) is 20.2 Å². The fourth-order valence-electron chi connectivity index (χ4n) is 4.04. The summed E-state index contributed by atoms with van der Waals surface area (Å²) in [6.45, 7) is 0. The van der Waals surface area contributed by atoms with Crippen LogP contribution in [0, 0.1) is 0 Å². The van der Waals surface area contributed by atoms with E-state index >= 15 is 0 Å². The normalized spacial score (nSPS) is 12.0. The van der Waals surface area contributed by atoms with Crippen LogP contribution < -0.4 is 64.8 Å². The van der Waals surface area contributed by atoms with E-state index in [0.29, 0.717) is 33.2 Å². The summed E-state index contributed by atoms with van der Waals surface area (Å²) >= 11 is 0. The van der Waals surface area contributed by atoms with Crippen molar-refractivity contribution in [3.8, 4) is 0 Å². The first kappa shape index (κ1) is 32.9. The minimum absolute atomic E-state index is 0. The molecule has 0 unspecified atom stereocenters. The summed E-state index contributed by atoms with van der Waals surface area (Å²) in [7, 11) is -9.40. The van der Waals surface area contributed by atoms with Gasteiger partial charge >= 0.3 is 59.1 Å². The smallest absolute Gasteiger partial charge is 0.744 e. The average Bonchev–Trinajstić information content (AvgIpc) is 2.91. The Balaban J connectivity index is 0.00000231. The van der Waals surface area contributed by atoms with Gasteiger partial charge in [-0.15, -0.1) is 15.3 Å². The van der Waals surface area contributed by atoms with Gasteiger partial charge in [0.05, 0.1) is 32.5 Å². The van der Waals surface area contributed by atoms with Crippen LogP contribution in [0.3, 0.4) is 0 Å². The average molecular weight is 606 g/mol. The summed E-state index contributed by atoms with van der Waals surface area (Å²) in [5.74, 6) is 0. The number of benzene rings is 5. The fourth-order valence-corrected chi connectivity index (χ4v) is 5.28. The molecule has 0 bridgehead atoms. The largest absolute Gasteiger partial charge is 1.00 e. The second kappa shape index (κ2) is 13.2. The third kappa shape index (κ3) is 7.27. The second-order valence-corrected chi connectivity index (χ2v) is 11.0. The standard InChI is InChI=1S/C26H19N5O6S2.2Na/c27-21-11-12-24(20-9-4-10-25(26(20)21)39(35,36)37)31-30-23-14-13-22(18-7-1-2-8-19(18)23)29-28-16-5-3-6-17(15-16)38(32,33)34;;/h1-15H,27H2,(H,32,33,34)(H,35,36,37);;/q;2*+1/p-2. The SMILES string of the molecule is Nc1ccc(N=Nc2ccc(N=Nc3cccc(S(=O)(=O)[O-])c3)c3ccccc23)c2cccc(S(=O)(=O)[O-])c12.[Na+].[Na+]. The van der Waals surface area contributed by atoms with Crippen LogP contribution in [0.4, 0.5) is 28.4 Å². The van der Waals surface area contributed by atoms with Gasteiger partial charge in [0.2, 0.25) is 0 Å². The van der Waals surface area contributed by atoms with E-state index in [0.717, 1.165) is 6.07 Å². The Morgan fingerprint density at radius 2 is 1.07 bits per heavy atom. The molecule has 0 spiro atoms. The van der Waals surface area contributed by atoms with Gasteiger partial charge in [-0.1, -0.05) is 42.5 Å². The Hall–Kier alpha value is -2.56. The maximum Gasteiger partial charge on any atom is 1.00 e. The number of nitrogens with two attached hydrogens (primary N) is 1. The first-order chi connectivity index (χ1) is 18.5. The van der Waals surface area contributed by atoms with Crippen LogP contribution >= 0.6 is 0 Å². The number of anilines is 1. The van der Waals surface area contributed by atoms with Gasteiger partial charge in [-0.05, 0) is 48.5 Å². The molecule has 0 fully saturated rings. The summed E-state index contributed by atoms with van der Waals surface area (Å²) in [6.07, 6.45) is 0. The summed E-state index contributed by atoms with van der Waals surface area (Å²) < 4.78 is 69.1. The predicted molar refractivity (Wildman–Crippen MR) is 143 cm³/mol. The Kier molecular flexibility index (Phi) is 10.6. The van der Waals surface area contributed by atoms with Crippen molar-refractivity contribution < 1.29 is 85.1 Å². The monoisotopic (exact) mass is 605 g/mol. The minimum atomic E-state index is -4.77. The van der Waals surface area contributed by atoms with E-state index in [1.807, 2.05) is 0 Å². The van der Waals surface area contributed by atoms with Crippen molar-refractivity contribution in [1.29, 1.82) is 0 Å². The topological polar surface area (TPSA) is 190 Å². The predicted octanol–water partition coefficient (Wildman–Crippen LogP) is 0.222. The van der Waals surface area contributed by atoms with Gasteiger partial charge in [0, 0.05) is 27.2 Å². The third-order valence-corrected chi connectivity index (χ3v) is 7.51. The number of fused-ring (bicyclic) bond motifs is 2. The number of nitrogens with zero attached hydrogens (tertiary/aromatic N) is 4. The molecule has 15 heteroatoms. The molecule has 0 saturated carbocycles. The van der Waals surface area contributed by atoms with Crippen LogP contribution in [0.5, 0.6) is 0 Å². The molecule has 5 rings (SSSR count). The summed E-state index contributed by atoms with van der Waals surface area (Å²) in [6, 6.07) is 23.0. The number of hydrogen-bond donors (Lipinski definition) is 1. The molecule has 41 heavy (non-hydrogen) atoms. The molecule has 11 nitrogen and oxygen atoms in total. The van der Waals surface area contributed by atoms with Crippen molar-refractivity contribution in [2.75, 3.05) is 5.73 Å². The minimum Gasteiger partial charge on any atom is -0.744 e. The molecule has 0 heterocycles. The zero-order chi connectivity index (χ0) is 27.8. The third-order valence-electron chi connectivity index (χ3n) is 5.80. The van der Waals surface area contributed by atoms with Crippen molar-refractivity contribution in [1.82, 2.24) is 0 Å². The van der Waals surface area contributed by atoms with Crippen molar-refractivity contribution in [2.45, 2.75) is 9.79 Å². The molecule has 196 valence electrons. The van der Waals surface area contributed by atoms with Crippen molar-refractivity contribution in [3.05, 3.63) is 91.0 Å². The van der Waals surface area contributed by atoms with Gasteiger partial charge in [0.1, 0.15) is 20.2 Å². The van der Waals surface area contributed by atoms with Gasteiger partial charge in [-0.3, -0.25) is 0 Å². The number of rotatable bonds is 6. The van der Waals surface area contributed by atoms with Crippen molar-refractivity contribution >= 4 is 70.2 Å². The maximum absolute atomic E-state index is 11.8. The zero-order valence-electron chi connectivity index (χ0n) is 21.8. The molecule has 2 N–H and O–H groups in total. The van der Waals surface area contributed by atoms with Gasteiger partial charge in [-0.2, -0.15) is 5.11 Å². The van der Waals surface area contributed by atoms with Crippen LogP contribution in [0.15, 0.2) is 121 Å². The molecule has 0 radical (unpaired) electrons. The van der Waals surface area contributed by atoms with E-state index in [2.05, 4.69) is 20.5 Å². The van der Waals surface area contributed by atoms with Crippen LogP contribution in [-0.4, -0.2) is 25.9 Å². The Labute approximate surface area is 279 Å². The van der Waals surface area contributed by atoms with Crippen LogP contribution in [0.1, 0.15) is 0 Å². The van der Waals surface area contributed by atoms with Crippen molar-refractivity contribution in [3.63, 3.8) is 0 Å². The van der Waals surface area contributed by atoms with Crippen LogP contribution in [0.2, 0.25) is 0 Å². The number of hydrogen-bond acceptors (Lipinski definition) is 11. The van der Waals surface area contributed by atoms with E-state index < -0.39 is 30.0 Å². The van der Waals surface area contributed by atoms with E-state index in [1.165, 1.54) is 36.4 Å². The summed E-state index contributed by atoms with van der Waals surface area (Å²) in [5.41, 5.74) is 7.54. The molecule has 0 saturated heterocycles. The van der Waals surface area contributed by atoms with Gasteiger partial charge in [-0.25, -0.2) is 16.8 Å². The van der Waals surface area contributed by atoms with E-state index in [4.69, 9.17) is 5.73 Å². The maximum atomic E-state index is 11.8. The van der Waals surface area contributed by atoms with Gasteiger partial charge in [0.15, 0.2) is 0 Å². The molecule has 0 aliphatic carbocycles. The number of azo groups is 2. The Bertz CT molecular complexity index is 2050. The summed E-state index contributed by atoms with van der Waals surface area (Å²) in [5, 5.41) is 18.8. The Morgan fingerprint density at radius 1 is 0.561 bits per heavy atom. The van der Waals surface area contributed by atoms with Gasteiger partial charge < -0.3 is 14.8 Å². The first-order valence-electron chi connectivity index (χ1n) is 11.2. The van der Waals surface area contributed by atoms with E-state index in [9.17, 15) is 25.9 Å². The Morgan fingerprint density at radius 3 is 1.66 bits per heavy atom. The fraction of sp³-hybridized carbons (Fsp3) is 0. The second-order valence-electron chi connectivity index (χ2n) is 8.31. The van der Waals surface area contributed by atoms with Gasteiger partial charge in [0.25, 0.3) is 0 Å². The zero-order valence-corrected chi connectivity index (χ0v) is 27.4. The molecular formula is C26H17N5Na2O6S2. The molecule has 0 aliphatic rings.